The van der Waals surface area contributed by atoms with E-state index in [1.54, 1.807) is 7.11 Å². The molecular formula is C17H16O. The van der Waals surface area contributed by atoms with Crippen molar-refractivity contribution in [2.45, 2.75) is 13.0 Å². The molecule has 0 spiro atoms. The zero-order valence-electron chi connectivity index (χ0n) is 10.7. The lowest BCUT2D eigenvalue weighted by molar-refractivity contribution is 0.122. The normalized spacial score (nSPS) is 13.0. The Balaban J connectivity index is 2.49. The lowest BCUT2D eigenvalue weighted by Crippen LogP contribution is -1.98. The van der Waals surface area contributed by atoms with Crippen LogP contribution in [0.5, 0.6) is 0 Å². The molecule has 0 radical (unpaired) electrons. The van der Waals surface area contributed by atoms with Gasteiger partial charge in [0.2, 0.25) is 0 Å². The minimum atomic E-state index is 0.0981. The van der Waals surface area contributed by atoms with Gasteiger partial charge >= 0.3 is 0 Å². The highest BCUT2D eigenvalue weighted by atomic mass is 16.5. The summed E-state index contributed by atoms with van der Waals surface area (Å²) in [6.07, 6.45) is 0.0981. The number of methoxy groups -OCH3 is 1. The minimum Gasteiger partial charge on any atom is -0.377 e. The number of ether oxygens (including phenoxy) is 1. The van der Waals surface area contributed by atoms with Crippen molar-refractivity contribution in [2.24, 2.45) is 0 Å². The quantitative estimate of drug-likeness (QED) is 0.586. The van der Waals surface area contributed by atoms with Crippen LogP contribution in [-0.2, 0) is 4.74 Å². The summed E-state index contributed by atoms with van der Waals surface area (Å²) in [5.74, 6) is 0. The predicted octanol–water partition coefficient (Wildman–Crippen LogP) is 4.70. The van der Waals surface area contributed by atoms with Crippen LogP contribution in [0.25, 0.3) is 21.5 Å². The van der Waals surface area contributed by atoms with Gasteiger partial charge in [0.15, 0.2) is 0 Å². The predicted molar refractivity (Wildman–Crippen MR) is 76.9 cm³/mol. The van der Waals surface area contributed by atoms with E-state index in [-0.39, 0.29) is 6.10 Å². The summed E-state index contributed by atoms with van der Waals surface area (Å²) in [6, 6.07) is 19.2. The summed E-state index contributed by atoms with van der Waals surface area (Å²) in [5.41, 5.74) is 1.28. The third-order valence-corrected chi connectivity index (χ3v) is 3.57. The molecule has 0 amide bonds. The van der Waals surface area contributed by atoms with Crippen LogP contribution < -0.4 is 0 Å². The van der Waals surface area contributed by atoms with Crippen molar-refractivity contribution in [3.8, 4) is 0 Å². The second-order valence-corrected chi connectivity index (χ2v) is 4.61. The highest BCUT2D eigenvalue weighted by molar-refractivity contribution is 6.02. The maximum atomic E-state index is 5.55. The largest absolute Gasteiger partial charge is 0.377 e. The van der Waals surface area contributed by atoms with Crippen LogP contribution in [0.1, 0.15) is 18.6 Å². The Morgan fingerprint density at radius 3 is 1.83 bits per heavy atom. The van der Waals surface area contributed by atoms with E-state index in [2.05, 4.69) is 61.5 Å². The lowest BCUT2D eigenvalue weighted by atomic mass is 9.94. The van der Waals surface area contributed by atoms with Crippen molar-refractivity contribution in [1.82, 2.24) is 0 Å². The zero-order valence-corrected chi connectivity index (χ0v) is 10.7. The molecule has 3 aromatic carbocycles. The van der Waals surface area contributed by atoms with Crippen LogP contribution in [0.15, 0.2) is 54.6 Å². The molecule has 3 aromatic rings. The Morgan fingerprint density at radius 2 is 1.33 bits per heavy atom. The van der Waals surface area contributed by atoms with E-state index < -0.39 is 0 Å². The van der Waals surface area contributed by atoms with Crippen LogP contribution in [0.4, 0.5) is 0 Å². The summed E-state index contributed by atoms with van der Waals surface area (Å²) in [5, 5.41) is 5.11. The molecule has 1 heteroatoms. The van der Waals surface area contributed by atoms with Gasteiger partial charge in [-0.3, -0.25) is 0 Å². The SMILES string of the molecule is COC(C)c1c2ccccc2cc2ccccc12. The average Bonchev–Trinajstić information content (AvgIpc) is 2.44. The molecular weight excluding hydrogens is 220 g/mol. The van der Waals surface area contributed by atoms with Gasteiger partial charge < -0.3 is 4.74 Å². The Bertz CT molecular complexity index is 646. The summed E-state index contributed by atoms with van der Waals surface area (Å²) in [7, 11) is 1.77. The third-order valence-electron chi connectivity index (χ3n) is 3.57. The molecule has 0 aromatic heterocycles. The highest BCUT2D eigenvalue weighted by Gasteiger charge is 2.12. The first-order valence-electron chi connectivity index (χ1n) is 6.24. The molecule has 18 heavy (non-hydrogen) atoms. The fraction of sp³-hybridized carbons (Fsp3) is 0.176. The second-order valence-electron chi connectivity index (χ2n) is 4.61. The Kier molecular flexibility index (Phi) is 2.77. The van der Waals surface area contributed by atoms with Gasteiger partial charge in [0.1, 0.15) is 0 Å². The first-order chi connectivity index (χ1) is 8.81. The van der Waals surface area contributed by atoms with Gasteiger partial charge in [-0.25, -0.2) is 0 Å². The summed E-state index contributed by atoms with van der Waals surface area (Å²) < 4.78 is 5.55. The molecule has 90 valence electrons. The average molecular weight is 236 g/mol. The number of hydrogen-bond donors (Lipinski definition) is 0. The monoisotopic (exact) mass is 236 g/mol. The molecule has 0 aliphatic rings. The van der Waals surface area contributed by atoms with Crippen molar-refractivity contribution in [1.29, 1.82) is 0 Å². The van der Waals surface area contributed by atoms with Gasteiger partial charge in [-0.2, -0.15) is 0 Å². The molecule has 0 aliphatic carbocycles. The van der Waals surface area contributed by atoms with E-state index in [0.717, 1.165) is 0 Å². The molecule has 3 rings (SSSR count). The van der Waals surface area contributed by atoms with Crippen molar-refractivity contribution >= 4 is 21.5 Å². The standard InChI is InChI=1S/C17H16O/c1-12(18-2)17-15-9-5-3-7-13(15)11-14-8-4-6-10-16(14)17/h3-12H,1-2H3. The van der Waals surface area contributed by atoms with E-state index in [1.807, 2.05) is 0 Å². The molecule has 1 unspecified atom stereocenters. The first kappa shape index (κ1) is 11.2. The number of benzene rings is 3. The Labute approximate surface area is 107 Å². The smallest absolute Gasteiger partial charge is 0.0805 e. The molecule has 1 nitrogen and oxygen atoms in total. The molecule has 0 saturated heterocycles. The summed E-state index contributed by atoms with van der Waals surface area (Å²) in [4.78, 5) is 0. The van der Waals surface area contributed by atoms with E-state index >= 15 is 0 Å². The molecule has 0 bridgehead atoms. The topological polar surface area (TPSA) is 9.23 Å². The van der Waals surface area contributed by atoms with Crippen molar-refractivity contribution < 1.29 is 4.74 Å². The van der Waals surface area contributed by atoms with E-state index in [9.17, 15) is 0 Å². The van der Waals surface area contributed by atoms with E-state index in [4.69, 9.17) is 4.74 Å². The molecule has 0 heterocycles. The number of hydrogen-bond acceptors (Lipinski definition) is 1. The van der Waals surface area contributed by atoms with Crippen LogP contribution in [0.3, 0.4) is 0 Å². The first-order valence-corrected chi connectivity index (χ1v) is 6.24. The zero-order chi connectivity index (χ0) is 12.5. The minimum absolute atomic E-state index is 0.0981. The van der Waals surface area contributed by atoms with Gasteiger partial charge in [0.05, 0.1) is 6.10 Å². The van der Waals surface area contributed by atoms with Crippen LogP contribution in [0, 0.1) is 0 Å². The Hall–Kier alpha value is -1.86. The van der Waals surface area contributed by atoms with Gasteiger partial charge in [0.25, 0.3) is 0 Å². The van der Waals surface area contributed by atoms with Gasteiger partial charge in [-0.05, 0) is 40.1 Å². The molecule has 0 saturated carbocycles. The molecule has 1 atom stereocenters. The summed E-state index contributed by atoms with van der Waals surface area (Å²) >= 11 is 0. The van der Waals surface area contributed by atoms with E-state index in [0.29, 0.717) is 0 Å². The summed E-state index contributed by atoms with van der Waals surface area (Å²) in [6.45, 7) is 2.11. The number of rotatable bonds is 2. The fourth-order valence-electron chi connectivity index (χ4n) is 2.60. The molecule has 0 fully saturated rings. The van der Waals surface area contributed by atoms with Gasteiger partial charge in [-0.15, -0.1) is 0 Å². The van der Waals surface area contributed by atoms with Crippen molar-refractivity contribution in [3.05, 3.63) is 60.2 Å². The van der Waals surface area contributed by atoms with E-state index in [1.165, 1.54) is 27.1 Å². The van der Waals surface area contributed by atoms with Crippen molar-refractivity contribution in [3.63, 3.8) is 0 Å². The second kappa shape index (κ2) is 4.43. The Morgan fingerprint density at radius 1 is 0.833 bits per heavy atom. The number of fused-ring (bicyclic) bond motifs is 2. The molecule has 0 N–H and O–H groups in total. The maximum Gasteiger partial charge on any atom is 0.0805 e. The maximum absolute atomic E-state index is 5.55. The van der Waals surface area contributed by atoms with Crippen molar-refractivity contribution in [2.75, 3.05) is 7.11 Å². The third kappa shape index (κ3) is 1.68. The van der Waals surface area contributed by atoms with Gasteiger partial charge in [-0.1, -0.05) is 48.5 Å². The van der Waals surface area contributed by atoms with Crippen LogP contribution in [0.2, 0.25) is 0 Å². The highest BCUT2D eigenvalue weighted by Crippen LogP contribution is 2.33. The van der Waals surface area contributed by atoms with Crippen LogP contribution >= 0.6 is 0 Å². The van der Waals surface area contributed by atoms with Gasteiger partial charge in [0, 0.05) is 7.11 Å². The fourth-order valence-corrected chi connectivity index (χ4v) is 2.60. The molecule has 0 aliphatic heterocycles. The lowest BCUT2D eigenvalue weighted by Gasteiger charge is -2.16. The van der Waals surface area contributed by atoms with Crippen LogP contribution in [-0.4, -0.2) is 7.11 Å².